The Hall–Kier alpha value is -1.56. The van der Waals surface area contributed by atoms with E-state index in [1.807, 2.05) is 14.0 Å². The van der Waals surface area contributed by atoms with Crippen LogP contribution in [0.1, 0.15) is 30.5 Å². The number of aryl methyl sites for hydroxylation is 2. The van der Waals surface area contributed by atoms with E-state index in [0.29, 0.717) is 6.54 Å². The van der Waals surface area contributed by atoms with Crippen LogP contribution < -0.4 is 15.4 Å². The molecule has 2 heterocycles. The van der Waals surface area contributed by atoms with Crippen LogP contribution in [0.25, 0.3) is 0 Å². The molecular weight excluding hydrogens is 244 g/mol. The van der Waals surface area contributed by atoms with Crippen LogP contribution >= 0.6 is 0 Å². The minimum absolute atomic E-state index is 0.0954. The Morgan fingerprint density at radius 2 is 2.32 bits per heavy atom. The minimum atomic E-state index is -0.119. The second-order valence-corrected chi connectivity index (χ2v) is 4.92. The SMILES string of the molecule is COc1c(CNC2CCCCNC2=O)c(C)nn1C. The molecule has 1 aromatic rings. The molecule has 1 aromatic heterocycles. The van der Waals surface area contributed by atoms with E-state index >= 15 is 0 Å². The van der Waals surface area contributed by atoms with Crippen LogP contribution in [0.2, 0.25) is 0 Å². The first kappa shape index (κ1) is 13.9. The highest BCUT2D eigenvalue weighted by Crippen LogP contribution is 2.21. The van der Waals surface area contributed by atoms with Crippen molar-refractivity contribution in [3.05, 3.63) is 11.3 Å². The fourth-order valence-electron chi connectivity index (χ4n) is 2.50. The number of carbonyl (C=O) groups excluding carboxylic acids is 1. The molecule has 0 aromatic carbocycles. The monoisotopic (exact) mass is 266 g/mol. The molecule has 0 aliphatic carbocycles. The van der Waals surface area contributed by atoms with E-state index in [-0.39, 0.29) is 11.9 Å². The lowest BCUT2D eigenvalue weighted by molar-refractivity contribution is -0.122. The summed E-state index contributed by atoms with van der Waals surface area (Å²) in [4.78, 5) is 11.9. The van der Waals surface area contributed by atoms with Crippen LogP contribution in [0.4, 0.5) is 0 Å². The first-order valence-corrected chi connectivity index (χ1v) is 6.71. The molecule has 0 saturated carbocycles. The summed E-state index contributed by atoms with van der Waals surface area (Å²) in [6.45, 7) is 3.33. The summed E-state index contributed by atoms with van der Waals surface area (Å²) in [6.07, 6.45) is 3.01. The van der Waals surface area contributed by atoms with E-state index in [2.05, 4.69) is 15.7 Å². The average molecular weight is 266 g/mol. The van der Waals surface area contributed by atoms with Gasteiger partial charge in [0.1, 0.15) is 0 Å². The number of nitrogens with one attached hydrogen (secondary N) is 2. The number of aromatic nitrogens is 2. The summed E-state index contributed by atoms with van der Waals surface area (Å²) in [6, 6.07) is -0.119. The maximum absolute atomic E-state index is 11.9. The van der Waals surface area contributed by atoms with Gasteiger partial charge in [0.2, 0.25) is 11.8 Å². The van der Waals surface area contributed by atoms with Gasteiger partial charge >= 0.3 is 0 Å². The molecule has 1 atom stereocenters. The number of carbonyl (C=O) groups is 1. The minimum Gasteiger partial charge on any atom is -0.481 e. The quantitative estimate of drug-likeness (QED) is 0.832. The smallest absolute Gasteiger partial charge is 0.237 e. The molecule has 0 bridgehead atoms. The topological polar surface area (TPSA) is 68.2 Å². The Bertz CT molecular complexity index is 456. The van der Waals surface area contributed by atoms with Crippen LogP contribution in [0.3, 0.4) is 0 Å². The molecule has 106 valence electrons. The Balaban J connectivity index is 2.03. The van der Waals surface area contributed by atoms with Crippen molar-refractivity contribution >= 4 is 5.91 Å². The lowest BCUT2D eigenvalue weighted by Crippen LogP contribution is -2.42. The first-order valence-electron chi connectivity index (χ1n) is 6.71. The van der Waals surface area contributed by atoms with Crippen molar-refractivity contribution < 1.29 is 9.53 Å². The Kier molecular flexibility index (Phi) is 4.42. The highest BCUT2D eigenvalue weighted by molar-refractivity contribution is 5.81. The van der Waals surface area contributed by atoms with E-state index in [0.717, 1.165) is 42.9 Å². The van der Waals surface area contributed by atoms with Gasteiger partial charge in [-0.1, -0.05) is 0 Å². The molecule has 1 aliphatic rings. The molecule has 0 radical (unpaired) electrons. The van der Waals surface area contributed by atoms with E-state index < -0.39 is 0 Å². The summed E-state index contributed by atoms with van der Waals surface area (Å²) >= 11 is 0. The van der Waals surface area contributed by atoms with Gasteiger partial charge in [-0.15, -0.1) is 0 Å². The maximum Gasteiger partial charge on any atom is 0.237 e. The maximum atomic E-state index is 11.9. The van der Waals surface area contributed by atoms with E-state index in [9.17, 15) is 4.79 Å². The zero-order chi connectivity index (χ0) is 13.8. The number of nitrogens with zero attached hydrogens (tertiary/aromatic N) is 2. The molecule has 1 amide bonds. The third-order valence-electron chi connectivity index (χ3n) is 3.54. The van der Waals surface area contributed by atoms with Crippen molar-refractivity contribution in [3.63, 3.8) is 0 Å². The van der Waals surface area contributed by atoms with Crippen molar-refractivity contribution in [1.82, 2.24) is 20.4 Å². The van der Waals surface area contributed by atoms with Crippen molar-refractivity contribution in [3.8, 4) is 5.88 Å². The zero-order valence-corrected chi connectivity index (χ0v) is 11.8. The van der Waals surface area contributed by atoms with E-state index in [4.69, 9.17) is 4.74 Å². The predicted octanol–water partition coefficient (Wildman–Crippen LogP) is 0.495. The standard InChI is InChI=1S/C13H22N4O2/c1-9-10(13(19-3)17(2)16-9)8-15-11-6-4-5-7-14-12(11)18/h11,15H,4-8H2,1-3H3,(H,14,18). The average Bonchev–Trinajstić information content (AvgIpc) is 2.53. The van der Waals surface area contributed by atoms with Gasteiger partial charge in [-0.25, -0.2) is 4.68 Å². The Labute approximate surface area is 113 Å². The molecule has 1 unspecified atom stereocenters. The molecule has 1 saturated heterocycles. The van der Waals surface area contributed by atoms with Gasteiger partial charge in [-0.05, 0) is 26.2 Å². The number of rotatable bonds is 4. The number of hydrogen-bond acceptors (Lipinski definition) is 4. The van der Waals surface area contributed by atoms with Gasteiger partial charge in [-0.3, -0.25) is 4.79 Å². The number of ether oxygens (including phenoxy) is 1. The summed E-state index contributed by atoms with van der Waals surface area (Å²) in [5, 5.41) is 10.6. The zero-order valence-electron chi connectivity index (χ0n) is 11.8. The summed E-state index contributed by atoms with van der Waals surface area (Å²) in [5.74, 6) is 0.844. The van der Waals surface area contributed by atoms with Crippen LogP contribution in [0, 0.1) is 6.92 Å². The van der Waals surface area contributed by atoms with Gasteiger partial charge in [0.15, 0.2) is 0 Å². The summed E-state index contributed by atoms with van der Waals surface area (Å²) in [7, 11) is 3.49. The van der Waals surface area contributed by atoms with Crippen LogP contribution in [0.15, 0.2) is 0 Å². The lowest BCUT2D eigenvalue weighted by atomic mass is 10.1. The van der Waals surface area contributed by atoms with Gasteiger partial charge < -0.3 is 15.4 Å². The molecule has 19 heavy (non-hydrogen) atoms. The Morgan fingerprint density at radius 1 is 1.53 bits per heavy atom. The summed E-state index contributed by atoms with van der Waals surface area (Å²) in [5.41, 5.74) is 1.95. The number of hydrogen-bond donors (Lipinski definition) is 2. The van der Waals surface area contributed by atoms with Crippen LogP contribution in [-0.2, 0) is 18.4 Å². The third kappa shape index (κ3) is 3.07. The normalized spacial score (nSPS) is 19.9. The van der Waals surface area contributed by atoms with Crippen LogP contribution in [0.5, 0.6) is 5.88 Å². The highest BCUT2D eigenvalue weighted by Gasteiger charge is 2.21. The van der Waals surface area contributed by atoms with Gasteiger partial charge in [0.05, 0.1) is 24.4 Å². The van der Waals surface area contributed by atoms with Crippen molar-refractivity contribution in [2.45, 2.75) is 38.8 Å². The Morgan fingerprint density at radius 3 is 3.05 bits per heavy atom. The molecule has 1 fully saturated rings. The van der Waals surface area contributed by atoms with Gasteiger partial charge in [0, 0.05) is 20.1 Å². The second kappa shape index (κ2) is 6.06. The lowest BCUT2D eigenvalue weighted by Gasteiger charge is -2.15. The fraction of sp³-hybridized carbons (Fsp3) is 0.692. The molecule has 6 heteroatoms. The van der Waals surface area contributed by atoms with Gasteiger partial charge in [0.25, 0.3) is 0 Å². The molecule has 0 spiro atoms. The fourth-order valence-corrected chi connectivity index (χ4v) is 2.50. The summed E-state index contributed by atoms with van der Waals surface area (Å²) < 4.78 is 7.07. The van der Waals surface area contributed by atoms with Crippen LogP contribution in [-0.4, -0.2) is 35.4 Å². The van der Waals surface area contributed by atoms with Gasteiger partial charge in [-0.2, -0.15) is 5.10 Å². The number of methoxy groups -OCH3 is 1. The van der Waals surface area contributed by atoms with E-state index in [1.165, 1.54) is 0 Å². The van der Waals surface area contributed by atoms with Crippen molar-refractivity contribution in [1.29, 1.82) is 0 Å². The molecule has 2 N–H and O–H groups in total. The molecule has 6 nitrogen and oxygen atoms in total. The highest BCUT2D eigenvalue weighted by atomic mass is 16.5. The molecule has 1 aliphatic heterocycles. The largest absolute Gasteiger partial charge is 0.481 e. The van der Waals surface area contributed by atoms with Crippen molar-refractivity contribution in [2.75, 3.05) is 13.7 Å². The third-order valence-corrected chi connectivity index (χ3v) is 3.54. The molecular formula is C13H22N4O2. The number of amides is 1. The van der Waals surface area contributed by atoms with Crippen molar-refractivity contribution in [2.24, 2.45) is 7.05 Å². The van der Waals surface area contributed by atoms with E-state index in [1.54, 1.807) is 11.8 Å². The second-order valence-electron chi connectivity index (χ2n) is 4.92. The predicted molar refractivity (Wildman–Crippen MR) is 72.0 cm³/mol. The first-order chi connectivity index (χ1) is 9.13. The molecule has 2 rings (SSSR count).